The van der Waals surface area contributed by atoms with E-state index in [1.807, 2.05) is 0 Å². The maximum Gasteiger partial charge on any atom is 0.229 e. The molecular weight excluding hydrogens is 270 g/mol. The molecule has 2 unspecified atom stereocenters. The Morgan fingerprint density at radius 1 is 1.14 bits per heavy atom. The lowest BCUT2D eigenvalue weighted by atomic mass is 9.67. The number of hydrogen-bond donors (Lipinski definition) is 1. The fourth-order valence-corrected chi connectivity index (χ4v) is 4.12. The van der Waals surface area contributed by atoms with E-state index in [1.165, 1.54) is 11.3 Å². The summed E-state index contributed by atoms with van der Waals surface area (Å²) in [6.07, 6.45) is 6.51. The number of carbonyl (C=O) groups is 2. The van der Waals surface area contributed by atoms with Crippen molar-refractivity contribution in [3.8, 4) is 0 Å². The zero-order valence-electron chi connectivity index (χ0n) is 12.8. The third-order valence-corrected chi connectivity index (χ3v) is 5.66. The minimum atomic E-state index is -1.08. The van der Waals surface area contributed by atoms with E-state index in [0.717, 1.165) is 25.7 Å². The molecule has 3 rings (SSSR count). The fourth-order valence-electron chi connectivity index (χ4n) is 4.12. The number of rotatable bonds is 2. The van der Waals surface area contributed by atoms with E-state index < -0.39 is 5.60 Å². The lowest BCUT2D eigenvalue weighted by Gasteiger charge is -2.44. The van der Waals surface area contributed by atoms with Crippen LogP contribution in [0.25, 0.3) is 0 Å². The fraction of sp³-hybridized carbons (Fsp3) is 0.875. The standard InChI is InChI=1S/C16H25NO4/c1-12-16(20,7-8-21-12)11-17-13(18)9-15(10-14(17)19)5-3-2-4-6-15/h12,20H,2-11H2,1H3. The number of β-amino-alcohol motifs (C(OH)–C–C–N with tert-alkyl or cyclic N) is 1. The molecule has 5 heteroatoms. The Labute approximate surface area is 125 Å². The first-order chi connectivity index (χ1) is 9.94. The number of imide groups is 1. The first kappa shape index (κ1) is 15.0. The Morgan fingerprint density at radius 3 is 2.29 bits per heavy atom. The summed E-state index contributed by atoms with van der Waals surface area (Å²) in [6.45, 7) is 2.37. The Hall–Kier alpha value is -0.940. The van der Waals surface area contributed by atoms with Crippen molar-refractivity contribution in [1.82, 2.24) is 4.90 Å². The lowest BCUT2D eigenvalue weighted by Crippen LogP contribution is -2.56. The van der Waals surface area contributed by atoms with Gasteiger partial charge in [-0.2, -0.15) is 0 Å². The van der Waals surface area contributed by atoms with Gasteiger partial charge in [-0.05, 0) is 25.2 Å². The molecule has 2 aliphatic heterocycles. The predicted octanol–water partition coefficient (Wildman–Crippen LogP) is 1.63. The number of carbonyl (C=O) groups excluding carboxylic acids is 2. The van der Waals surface area contributed by atoms with E-state index in [4.69, 9.17) is 4.74 Å². The molecule has 2 heterocycles. The summed E-state index contributed by atoms with van der Waals surface area (Å²) in [5.41, 5.74) is -1.17. The van der Waals surface area contributed by atoms with Gasteiger partial charge in [0.25, 0.3) is 0 Å². The van der Waals surface area contributed by atoms with Crippen molar-refractivity contribution in [1.29, 1.82) is 0 Å². The van der Waals surface area contributed by atoms with Crippen LogP contribution in [0, 0.1) is 5.41 Å². The highest BCUT2D eigenvalue weighted by atomic mass is 16.5. The molecule has 0 bridgehead atoms. The molecule has 0 aromatic heterocycles. The van der Waals surface area contributed by atoms with Gasteiger partial charge in [0.2, 0.25) is 11.8 Å². The van der Waals surface area contributed by atoms with E-state index in [9.17, 15) is 14.7 Å². The molecule has 1 spiro atoms. The third kappa shape index (κ3) is 2.73. The van der Waals surface area contributed by atoms with Crippen molar-refractivity contribution in [2.24, 2.45) is 5.41 Å². The summed E-state index contributed by atoms with van der Waals surface area (Å²) >= 11 is 0. The number of nitrogens with zero attached hydrogens (tertiary/aromatic N) is 1. The van der Waals surface area contributed by atoms with Crippen LogP contribution in [0.5, 0.6) is 0 Å². The second kappa shape index (κ2) is 5.36. The molecule has 1 saturated carbocycles. The van der Waals surface area contributed by atoms with E-state index in [0.29, 0.717) is 25.9 Å². The van der Waals surface area contributed by atoms with Gasteiger partial charge < -0.3 is 9.84 Å². The Morgan fingerprint density at radius 2 is 1.76 bits per heavy atom. The van der Waals surface area contributed by atoms with Crippen LogP contribution in [-0.4, -0.2) is 46.7 Å². The zero-order valence-corrected chi connectivity index (χ0v) is 12.8. The number of likely N-dealkylation sites (tertiary alicyclic amines) is 1. The average Bonchev–Trinajstić information content (AvgIpc) is 2.75. The molecular formula is C16H25NO4. The van der Waals surface area contributed by atoms with Crippen molar-refractivity contribution < 1.29 is 19.4 Å². The maximum atomic E-state index is 12.5. The van der Waals surface area contributed by atoms with Crippen molar-refractivity contribution >= 4 is 11.8 Å². The van der Waals surface area contributed by atoms with E-state index in [2.05, 4.69) is 0 Å². The van der Waals surface area contributed by atoms with Crippen LogP contribution in [0.3, 0.4) is 0 Å². The summed E-state index contributed by atoms with van der Waals surface area (Å²) in [4.78, 5) is 26.2. The van der Waals surface area contributed by atoms with E-state index in [-0.39, 0.29) is 29.9 Å². The van der Waals surface area contributed by atoms with Gasteiger partial charge in [-0.1, -0.05) is 19.3 Å². The molecule has 2 atom stereocenters. The first-order valence-corrected chi connectivity index (χ1v) is 8.11. The second-order valence-corrected chi connectivity index (χ2v) is 7.15. The minimum Gasteiger partial charge on any atom is -0.385 e. The molecule has 1 aliphatic carbocycles. The van der Waals surface area contributed by atoms with Crippen molar-refractivity contribution in [3.63, 3.8) is 0 Å². The van der Waals surface area contributed by atoms with Crippen LogP contribution in [0.4, 0.5) is 0 Å². The zero-order chi connectivity index (χ0) is 15.1. The predicted molar refractivity (Wildman–Crippen MR) is 76.5 cm³/mol. The minimum absolute atomic E-state index is 0.0852. The topological polar surface area (TPSA) is 66.8 Å². The SMILES string of the molecule is CC1OCCC1(O)CN1C(=O)CC2(CCCCC2)CC1=O. The molecule has 1 N–H and O–H groups in total. The third-order valence-electron chi connectivity index (χ3n) is 5.66. The first-order valence-electron chi connectivity index (χ1n) is 8.11. The Balaban J connectivity index is 1.71. The highest BCUT2D eigenvalue weighted by Crippen LogP contribution is 2.45. The maximum absolute atomic E-state index is 12.5. The van der Waals surface area contributed by atoms with Crippen LogP contribution in [0.2, 0.25) is 0 Å². The van der Waals surface area contributed by atoms with E-state index >= 15 is 0 Å². The second-order valence-electron chi connectivity index (χ2n) is 7.15. The van der Waals surface area contributed by atoms with Crippen LogP contribution in [0.15, 0.2) is 0 Å². The Kier molecular flexibility index (Phi) is 3.82. The number of amides is 2. The van der Waals surface area contributed by atoms with Crippen LogP contribution >= 0.6 is 0 Å². The molecule has 0 aromatic rings. The molecule has 5 nitrogen and oxygen atoms in total. The van der Waals surface area contributed by atoms with Gasteiger partial charge >= 0.3 is 0 Å². The molecule has 0 aromatic carbocycles. The molecule has 3 aliphatic rings. The van der Waals surface area contributed by atoms with Gasteiger partial charge in [-0.3, -0.25) is 14.5 Å². The number of piperidine rings is 1. The molecule has 2 saturated heterocycles. The molecule has 0 radical (unpaired) electrons. The normalized spacial score (nSPS) is 36.5. The van der Waals surface area contributed by atoms with Crippen molar-refractivity contribution in [3.05, 3.63) is 0 Å². The summed E-state index contributed by atoms with van der Waals surface area (Å²) in [5, 5.41) is 10.6. The van der Waals surface area contributed by atoms with Gasteiger partial charge in [0.1, 0.15) is 5.60 Å². The lowest BCUT2D eigenvalue weighted by molar-refractivity contribution is -0.160. The molecule has 3 fully saturated rings. The highest BCUT2D eigenvalue weighted by Gasteiger charge is 2.48. The van der Waals surface area contributed by atoms with Gasteiger partial charge in [0, 0.05) is 25.9 Å². The van der Waals surface area contributed by atoms with Crippen molar-refractivity contribution in [2.45, 2.75) is 70.0 Å². The Bertz CT molecular complexity index is 424. The van der Waals surface area contributed by atoms with Gasteiger partial charge in [-0.25, -0.2) is 0 Å². The molecule has 118 valence electrons. The summed E-state index contributed by atoms with van der Waals surface area (Å²) in [7, 11) is 0. The summed E-state index contributed by atoms with van der Waals surface area (Å²) in [5.74, 6) is -0.221. The van der Waals surface area contributed by atoms with E-state index in [1.54, 1.807) is 6.92 Å². The largest absolute Gasteiger partial charge is 0.385 e. The van der Waals surface area contributed by atoms with Crippen LogP contribution in [0.1, 0.15) is 58.3 Å². The number of ether oxygens (including phenoxy) is 1. The quantitative estimate of drug-likeness (QED) is 0.786. The summed E-state index contributed by atoms with van der Waals surface area (Å²) in [6, 6.07) is 0. The average molecular weight is 295 g/mol. The van der Waals surface area contributed by atoms with Gasteiger partial charge in [-0.15, -0.1) is 0 Å². The number of aliphatic hydroxyl groups is 1. The van der Waals surface area contributed by atoms with Gasteiger partial charge in [0.15, 0.2) is 0 Å². The number of hydrogen-bond acceptors (Lipinski definition) is 4. The summed E-state index contributed by atoms with van der Waals surface area (Å²) < 4.78 is 5.39. The smallest absolute Gasteiger partial charge is 0.229 e. The van der Waals surface area contributed by atoms with Crippen LogP contribution < -0.4 is 0 Å². The molecule has 2 amide bonds. The monoisotopic (exact) mass is 295 g/mol. The highest BCUT2D eigenvalue weighted by molar-refractivity contribution is 5.98. The van der Waals surface area contributed by atoms with Gasteiger partial charge in [0.05, 0.1) is 12.6 Å². The van der Waals surface area contributed by atoms with Crippen LogP contribution in [-0.2, 0) is 14.3 Å². The molecule has 21 heavy (non-hydrogen) atoms. The van der Waals surface area contributed by atoms with Crippen molar-refractivity contribution in [2.75, 3.05) is 13.2 Å².